The van der Waals surface area contributed by atoms with Crippen molar-refractivity contribution in [1.82, 2.24) is 4.90 Å². The predicted molar refractivity (Wildman–Crippen MR) is 81.7 cm³/mol. The van der Waals surface area contributed by atoms with E-state index in [-0.39, 0.29) is 30.2 Å². The number of nitrogens with zero attached hydrogens (tertiary/aromatic N) is 1. The fourth-order valence-corrected chi connectivity index (χ4v) is 2.69. The van der Waals surface area contributed by atoms with Gasteiger partial charge in [0.1, 0.15) is 6.04 Å². The standard InChI is InChI=1S/C16H20N2O4/c1-11(19)12-6-3-4-7-13(12)17-15(20)10-18-9-5-8-14(18)16(21)22-2/h3-4,6-7,14H,5,8-10H2,1-2H3,(H,17,20). The van der Waals surface area contributed by atoms with Crippen molar-refractivity contribution in [1.29, 1.82) is 0 Å². The van der Waals surface area contributed by atoms with E-state index in [0.717, 1.165) is 6.42 Å². The molecule has 6 nitrogen and oxygen atoms in total. The van der Waals surface area contributed by atoms with Crippen LogP contribution in [0, 0.1) is 0 Å². The average Bonchev–Trinajstić information content (AvgIpc) is 2.94. The third kappa shape index (κ3) is 3.71. The number of nitrogens with one attached hydrogen (secondary N) is 1. The van der Waals surface area contributed by atoms with Crippen molar-refractivity contribution in [3.63, 3.8) is 0 Å². The summed E-state index contributed by atoms with van der Waals surface area (Å²) in [6, 6.07) is 6.51. The van der Waals surface area contributed by atoms with Crippen LogP contribution in [-0.2, 0) is 14.3 Å². The Morgan fingerprint density at radius 3 is 2.73 bits per heavy atom. The van der Waals surface area contributed by atoms with E-state index in [9.17, 15) is 14.4 Å². The summed E-state index contributed by atoms with van der Waals surface area (Å²) in [5.74, 6) is -0.663. The molecule has 0 bridgehead atoms. The largest absolute Gasteiger partial charge is 0.468 e. The number of hydrogen-bond acceptors (Lipinski definition) is 5. The van der Waals surface area contributed by atoms with Gasteiger partial charge in [-0.25, -0.2) is 0 Å². The molecule has 6 heteroatoms. The lowest BCUT2D eigenvalue weighted by molar-refractivity contribution is -0.146. The predicted octanol–water partition coefficient (Wildman–Crippen LogP) is 1.47. The van der Waals surface area contributed by atoms with Crippen molar-refractivity contribution in [2.75, 3.05) is 25.5 Å². The van der Waals surface area contributed by atoms with E-state index in [2.05, 4.69) is 5.32 Å². The minimum Gasteiger partial charge on any atom is -0.468 e. The quantitative estimate of drug-likeness (QED) is 0.658. The molecule has 0 radical (unpaired) electrons. The van der Waals surface area contributed by atoms with E-state index in [1.807, 2.05) is 0 Å². The number of methoxy groups -OCH3 is 1. The first-order chi connectivity index (χ1) is 10.5. The Labute approximate surface area is 129 Å². The fraction of sp³-hybridized carbons (Fsp3) is 0.438. The number of ketones is 1. The van der Waals surface area contributed by atoms with Gasteiger partial charge in [-0.05, 0) is 38.4 Å². The molecule has 1 aliphatic rings. The molecule has 1 amide bonds. The van der Waals surface area contributed by atoms with Crippen molar-refractivity contribution < 1.29 is 19.1 Å². The van der Waals surface area contributed by atoms with E-state index < -0.39 is 0 Å². The van der Waals surface area contributed by atoms with E-state index in [1.54, 1.807) is 29.2 Å². The number of anilines is 1. The number of likely N-dealkylation sites (tertiary alicyclic amines) is 1. The summed E-state index contributed by atoms with van der Waals surface area (Å²) < 4.78 is 4.76. The normalized spacial score (nSPS) is 18.0. The zero-order valence-corrected chi connectivity index (χ0v) is 12.8. The fourth-order valence-electron chi connectivity index (χ4n) is 2.69. The van der Waals surface area contributed by atoms with Crippen molar-refractivity contribution in [3.05, 3.63) is 29.8 Å². The second-order valence-corrected chi connectivity index (χ2v) is 5.30. The van der Waals surface area contributed by atoms with Gasteiger partial charge in [0.15, 0.2) is 5.78 Å². The number of carbonyl (C=O) groups is 3. The highest BCUT2D eigenvalue weighted by Crippen LogP contribution is 2.19. The maximum absolute atomic E-state index is 12.2. The van der Waals surface area contributed by atoms with Gasteiger partial charge in [-0.3, -0.25) is 19.3 Å². The first-order valence-electron chi connectivity index (χ1n) is 7.24. The Balaban J connectivity index is 2.02. The molecule has 1 heterocycles. The van der Waals surface area contributed by atoms with Gasteiger partial charge in [-0.1, -0.05) is 12.1 Å². The summed E-state index contributed by atoms with van der Waals surface area (Å²) in [6.45, 7) is 2.24. The van der Waals surface area contributed by atoms with E-state index in [1.165, 1.54) is 14.0 Å². The maximum Gasteiger partial charge on any atom is 0.323 e. The van der Waals surface area contributed by atoms with Crippen LogP contribution in [0.3, 0.4) is 0 Å². The van der Waals surface area contributed by atoms with Crippen LogP contribution >= 0.6 is 0 Å². The van der Waals surface area contributed by atoms with Crippen LogP contribution in [0.1, 0.15) is 30.1 Å². The molecule has 1 saturated heterocycles. The van der Waals surface area contributed by atoms with Gasteiger partial charge in [0, 0.05) is 5.56 Å². The molecule has 0 aromatic heterocycles. The summed E-state index contributed by atoms with van der Waals surface area (Å²) in [6.07, 6.45) is 1.56. The summed E-state index contributed by atoms with van der Waals surface area (Å²) >= 11 is 0. The van der Waals surface area contributed by atoms with Gasteiger partial charge in [0.05, 0.1) is 19.3 Å². The second kappa shape index (κ2) is 7.17. The van der Waals surface area contributed by atoms with Gasteiger partial charge >= 0.3 is 5.97 Å². The number of hydrogen-bond donors (Lipinski definition) is 1. The van der Waals surface area contributed by atoms with Crippen molar-refractivity contribution in [2.24, 2.45) is 0 Å². The topological polar surface area (TPSA) is 75.7 Å². The molecule has 1 aromatic rings. The molecule has 1 aromatic carbocycles. The maximum atomic E-state index is 12.2. The number of rotatable bonds is 5. The minimum atomic E-state index is -0.362. The number of benzene rings is 1. The first-order valence-corrected chi connectivity index (χ1v) is 7.24. The summed E-state index contributed by atoms with van der Waals surface area (Å²) in [7, 11) is 1.35. The number of amides is 1. The zero-order valence-electron chi connectivity index (χ0n) is 12.8. The van der Waals surface area contributed by atoms with Crippen molar-refractivity contribution in [3.8, 4) is 0 Å². The van der Waals surface area contributed by atoms with E-state index >= 15 is 0 Å². The van der Waals surface area contributed by atoms with Crippen LogP contribution in [0.15, 0.2) is 24.3 Å². The van der Waals surface area contributed by atoms with Crippen LogP contribution in [0.5, 0.6) is 0 Å². The third-order valence-corrected chi connectivity index (χ3v) is 3.76. The third-order valence-electron chi connectivity index (χ3n) is 3.76. The van der Waals surface area contributed by atoms with Crippen LogP contribution in [0.2, 0.25) is 0 Å². The Bertz CT molecular complexity index is 585. The smallest absolute Gasteiger partial charge is 0.323 e. The Morgan fingerprint density at radius 2 is 2.05 bits per heavy atom. The van der Waals surface area contributed by atoms with Crippen molar-refractivity contribution >= 4 is 23.3 Å². The number of para-hydroxylation sites is 1. The molecule has 22 heavy (non-hydrogen) atoms. The van der Waals surface area contributed by atoms with Gasteiger partial charge in [0.25, 0.3) is 0 Å². The molecule has 0 saturated carbocycles. The Hall–Kier alpha value is -2.21. The highest BCUT2D eigenvalue weighted by molar-refractivity contribution is 6.04. The monoisotopic (exact) mass is 304 g/mol. The number of carbonyl (C=O) groups excluding carboxylic acids is 3. The molecule has 1 unspecified atom stereocenters. The van der Waals surface area contributed by atoms with Gasteiger partial charge in [0.2, 0.25) is 5.91 Å². The molecule has 0 aliphatic carbocycles. The molecule has 1 fully saturated rings. The molecular formula is C16H20N2O4. The summed E-state index contributed by atoms with van der Waals surface area (Å²) in [5, 5.41) is 2.74. The molecule has 1 atom stereocenters. The number of esters is 1. The Kier molecular flexibility index (Phi) is 5.27. The molecule has 118 valence electrons. The average molecular weight is 304 g/mol. The van der Waals surface area contributed by atoms with Crippen molar-refractivity contribution in [2.45, 2.75) is 25.8 Å². The molecule has 2 rings (SSSR count). The molecule has 1 N–H and O–H groups in total. The molecular weight excluding hydrogens is 284 g/mol. The summed E-state index contributed by atoms with van der Waals surface area (Å²) in [5.41, 5.74) is 0.968. The highest BCUT2D eigenvalue weighted by atomic mass is 16.5. The number of ether oxygens (including phenoxy) is 1. The van der Waals surface area contributed by atoms with Crippen LogP contribution in [0.4, 0.5) is 5.69 Å². The first kappa shape index (κ1) is 16.2. The lowest BCUT2D eigenvalue weighted by atomic mass is 10.1. The molecule has 1 aliphatic heterocycles. The lowest BCUT2D eigenvalue weighted by Crippen LogP contribution is -2.41. The second-order valence-electron chi connectivity index (χ2n) is 5.30. The van der Waals surface area contributed by atoms with Gasteiger partial charge < -0.3 is 10.1 Å². The zero-order chi connectivity index (χ0) is 16.1. The van der Waals surface area contributed by atoms with Crippen LogP contribution in [0.25, 0.3) is 0 Å². The lowest BCUT2D eigenvalue weighted by Gasteiger charge is -2.21. The summed E-state index contributed by atoms with van der Waals surface area (Å²) in [4.78, 5) is 37.2. The number of Topliss-reactive ketones (excluding diaryl/α,β-unsaturated/α-hetero) is 1. The van der Waals surface area contributed by atoms with Gasteiger partial charge in [-0.15, -0.1) is 0 Å². The van der Waals surface area contributed by atoms with Gasteiger partial charge in [-0.2, -0.15) is 0 Å². The highest BCUT2D eigenvalue weighted by Gasteiger charge is 2.32. The molecule has 0 spiro atoms. The minimum absolute atomic E-state index is 0.103. The van der Waals surface area contributed by atoms with Crippen LogP contribution < -0.4 is 5.32 Å². The van der Waals surface area contributed by atoms with E-state index in [0.29, 0.717) is 24.2 Å². The SMILES string of the molecule is COC(=O)C1CCCN1CC(=O)Nc1ccccc1C(C)=O. The van der Waals surface area contributed by atoms with Crippen LogP contribution in [-0.4, -0.2) is 48.8 Å². The van der Waals surface area contributed by atoms with E-state index in [4.69, 9.17) is 4.74 Å². The Morgan fingerprint density at radius 1 is 1.32 bits per heavy atom.